The van der Waals surface area contributed by atoms with E-state index >= 15 is 0 Å². The highest BCUT2D eigenvalue weighted by molar-refractivity contribution is 7.21. The maximum atomic E-state index is 4.61. The lowest BCUT2D eigenvalue weighted by molar-refractivity contribution is 1.33. The zero-order valence-electron chi connectivity index (χ0n) is 9.29. The highest BCUT2D eigenvalue weighted by Gasteiger charge is 2.11. The first-order valence-corrected chi connectivity index (χ1v) is 6.37. The van der Waals surface area contributed by atoms with E-state index in [-0.39, 0.29) is 0 Å². The molecule has 0 saturated carbocycles. The molecule has 4 aromatic heterocycles. The zero-order chi connectivity index (χ0) is 11.9. The second-order valence-electron chi connectivity index (χ2n) is 3.95. The Morgan fingerprint density at radius 2 is 1.94 bits per heavy atom. The van der Waals surface area contributed by atoms with Crippen LogP contribution in [-0.2, 0) is 0 Å². The summed E-state index contributed by atoms with van der Waals surface area (Å²) in [5.74, 6) is 0. The molecular weight excluding hydrogens is 244 g/mol. The molecule has 0 aliphatic carbocycles. The van der Waals surface area contributed by atoms with Gasteiger partial charge in [-0.25, -0.2) is 15.0 Å². The van der Waals surface area contributed by atoms with Crippen molar-refractivity contribution in [2.24, 2.45) is 0 Å². The van der Waals surface area contributed by atoms with E-state index < -0.39 is 0 Å². The van der Waals surface area contributed by atoms with Crippen LogP contribution in [0.2, 0.25) is 0 Å². The Balaban J connectivity index is 2.01. The van der Waals surface area contributed by atoms with Gasteiger partial charge in [-0.05, 0) is 24.3 Å². The van der Waals surface area contributed by atoms with Crippen LogP contribution in [-0.4, -0.2) is 19.9 Å². The predicted molar refractivity (Wildman–Crippen MR) is 72.5 cm³/mol. The number of aromatic nitrogens is 4. The third kappa shape index (κ3) is 1.34. The SMILES string of the molecule is c1cnc2sc(-c3c[nH]c4ncccc34)nc2c1. The van der Waals surface area contributed by atoms with Gasteiger partial charge in [0.1, 0.15) is 21.0 Å². The molecule has 0 aromatic carbocycles. The van der Waals surface area contributed by atoms with E-state index in [1.807, 2.05) is 30.5 Å². The van der Waals surface area contributed by atoms with E-state index in [1.165, 1.54) is 0 Å². The molecule has 0 saturated heterocycles. The maximum Gasteiger partial charge on any atom is 0.143 e. The molecule has 0 radical (unpaired) electrons. The third-order valence-electron chi connectivity index (χ3n) is 2.85. The molecule has 5 heteroatoms. The fourth-order valence-corrected chi connectivity index (χ4v) is 2.96. The van der Waals surface area contributed by atoms with Gasteiger partial charge in [0.2, 0.25) is 0 Å². The maximum absolute atomic E-state index is 4.61. The van der Waals surface area contributed by atoms with Crippen LogP contribution in [0, 0.1) is 0 Å². The molecule has 0 fully saturated rings. The lowest BCUT2D eigenvalue weighted by Gasteiger charge is -1.91. The van der Waals surface area contributed by atoms with Crippen LogP contribution in [0.1, 0.15) is 0 Å². The predicted octanol–water partition coefficient (Wildman–Crippen LogP) is 3.23. The van der Waals surface area contributed by atoms with E-state index in [1.54, 1.807) is 23.7 Å². The molecule has 0 aliphatic rings. The van der Waals surface area contributed by atoms with Gasteiger partial charge in [-0.2, -0.15) is 0 Å². The number of nitrogens with one attached hydrogen (secondary N) is 1. The van der Waals surface area contributed by atoms with Crippen molar-refractivity contribution < 1.29 is 0 Å². The summed E-state index contributed by atoms with van der Waals surface area (Å²) < 4.78 is 0. The van der Waals surface area contributed by atoms with Gasteiger partial charge in [0.05, 0.1) is 0 Å². The normalized spacial score (nSPS) is 11.3. The molecule has 0 atom stereocenters. The van der Waals surface area contributed by atoms with Gasteiger partial charge in [0.25, 0.3) is 0 Å². The van der Waals surface area contributed by atoms with Crippen molar-refractivity contribution in [1.82, 2.24) is 19.9 Å². The van der Waals surface area contributed by atoms with Crippen LogP contribution in [0.4, 0.5) is 0 Å². The second kappa shape index (κ2) is 3.61. The first-order valence-electron chi connectivity index (χ1n) is 5.56. The van der Waals surface area contributed by atoms with Crippen LogP contribution in [0.5, 0.6) is 0 Å². The number of hydrogen-bond acceptors (Lipinski definition) is 4. The van der Waals surface area contributed by atoms with E-state index in [2.05, 4.69) is 19.9 Å². The Morgan fingerprint density at radius 3 is 2.89 bits per heavy atom. The molecule has 0 spiro atoms. The van der Waals surface area contributed by atoms with Gasteiger partial charge in [-0.15, -0.1) is 0 Å². The van der Waals surface area contributed by atoms with Crippen molar-refractivity contribution in [3.8, 4) is 10.6 Å². The second-order valence-corrected chi connectivity index (χ2v) is 4.93. The van der Waals surface area contributed by atoms with Crippen molar-refractivity contribution in [1.29, 1.82) is 0 Å². The monoisotopic (exact) mass is 252 g/mol. The molecular formula is C13H8N4S. The van der Waals surface area contributed by atoms with E-state index in [0.717, 1.165) is 32.0 Å². The fraction of sp³-hybridized carbons (Fsp3) is 0. The van der Waals surface area contributed by atoms with Gasteiger partial charge in [-0.1, -0.05) is 11.3 Å². The molecule has 4 aromatic rings. The lowest BCUT2D eigenvalue weighted by Crippen LogP contribution is -1.75. The van der Waals surface area contributed by atoms with Gasteiger partial charge in [0, 0.05) is 29.5 Å². The average molecular weight is 252 g/mol. The number of thiazole rings is 1. The first-order chi connectivity index (χ1) is 8.92. The van der Waals surface area contributed by atoms with E-state index in [4.69, 9.17) is 0 Å². The highest BCUT2D eigenvalue weighted by atomic mass is 32.1. The number of aromatic amines is 1. The quantitative estimate of drug-likeness (QED) is 0.566. The number of H-pyrrole nitrogens is 1. The lowest BCUT2D eigenvalue weighted by atomic mass is 10.2. The largest absolute Gasteiger partial charge is 0.345 e. The summed E-state index contributed by atoms with van der Waals surface area (Å²) in [7, 11) is 0. The number of rotatable bonds is 1. The van der Waals surface area contributed by atoms with Crippen LogP contribution >= 0.6 is 11.3 Å². The molecule has 0 aliphatic heterocycles. The minimum atomic E-state index is 0.889. The molecule has 1 N–H and O–H groups in total. The van der Waals surface area contributed by atoms with Crippen molar-refractivity contribution >= 4 is 32.7 Å². The van der Waals surface area contributed by atoms with Crippen molar-refractivity contribution in [2.75, 3.05) is 0 Å². The summed E-state index contributed by atoms with van der Waals surface area (Å²) in [6, 6.07) is 7.87. The average Bonchev–Trinajstić information content (AvgIpc) is 3.02. The van der Waals surface area contributed by atoms with Crippen molar-refractivity contribution in [2.45, 2.75) is 0 Å². The van der Waals surface area contributed by atoms with Gasteiger partial charge in [0.15, 0.2) is 0 Å². The Morgan fingerprint density at radius 1 is 1.06 bits per heavy atom. The van der Waals surface area contributed by atoms with Crippen LogP contribution < -0.4 is 0 Å². The third-order valence-corrected chi connectivity index (χ3v) is 3.86. The van der Waals surface area contributed by atoms with Crippen molar-refractivity contribution in [3.05, 3.63) is 42.9 Å². The fourth-order valence-electron chi connectivity index (χ4n) is 2.02. The summed E-state index contributed by atoms with van der Waals surface area (Å²) >= 11 is 1.60. The van der Waals surface area contributed by atoms with Gasteiger partial charge in [-0.3, -0.25) is 0 Å². The molecule has 0 amide bonds. The van der Waals surface area contributed by atoms with Crippen LogP contribution in [0.3, 0.4) is 0 Å². The first kappa shape index (κ1) is 9.73. The van der Waals surface area contributed by atoms with Gasteiger partial charge >= 0.3 is 0 Å². The van der Waals surface area contributed by atoms with Crippen LogP contribution in [0.25, 0.3) is 32.0 Å². The molecule has 4 rings (SSSR count). The van der Waals surface area contributed by atoms with E-state index in [0.29, 0.717) is 0 Å². The van der Waals surface area contributed by atoms with E-state index in [9.17, 15) is 0 Å². The zero-order valence-corrected chi connectivity index (χ0v) is 10.1. The van der Waals surface area contributed by atoms with Crippen LogP contribution in [0.15, 0.2) is 42.9 Å². The Labute approximate surface area is 106 Å². The smallest absolute Gasteiger partial charge is 0.143 e. The topological polar surface area (TPSA) is 54.5 Å². The molecule has 0 bridgehead atoms. The molecule has 86 valence electrons. The van der Waals surface area contributed by atoms with Gasteiger partial charge < -0.3 is 4.98 Å². The Kier molecular flexibility index (Phi) is 1.95. The Bertz CT molecular complexity index is 813. The standard InChI is InChI=1S/C13H8N4S/c1-3-8-9(7-16-11(8)14-5-1)12-17-10-4-2-6-15-13(10)18-12/h1-7H,(H,14,16). The summed E-state index contributed by atoms with van der Waals surface area (Å²) in [6.07, 6.45) is 5.53. The summed E-state index contributed by atoms with van der Waals surface area (Å²) in [6.45, 7) is 0. The minimum absolute atomic E-state index is 0.889. The summed E-state index contributed by atoms with van der Waals surface area (Å²) in [4.78, 5) is 17.4. The minimum Gasteiger partial charge on any atom is -0.345 e. The number of pyridine rings is 2. The molecule has 18 heavy (non-hydrogen) atoms. The molecule has 4 heterocycles. The molecule has 4 nitrogen and oxygen atoms in total. The van der Waals surface area contributed by atoms with Crippen molar-refractivity contribution in [3.63, 3.8) is 0 Å². The summed E-state index contributed by atoms with van der Waals surface area (Å²) in [5.41, 5.74) is 2.91. The highest BCUT2D eigenvalue weighted by Crippen LogP contribution is 2.32. The number of hydrogen-bond donors (Lipinski definition) is 1. The summed E-state index contributed by atoms with van der Waals surface area (Å²) in [5, 5.41) is 2.07. The number of fused-ring (bicyclic) bond motifs is 2. The number of nitrogens with zero attached hydrogens (tertiary/aromatic N) is 3. The molecule has 0 unspecified atom stereocenters. The Hall–Kier alpha value is -2.27.